The van der Waals surface area contributed by atoms with Crippen molar-refractivity contribution in [1.29, 1.82) is 0 Å². The minimum atomic E-state index is -0.947. The average molecular weight is 296 g/mol. The molecule has 0 radical (unpaired) electrons. The van der Waals surface area contributed by atoms with Gasteiger partial charge in [-0.2, -0.15) is 0 Å². The Morgan fingerprint density at radius 1 is 1.50 bits per heavy atom. The van der Waals surface area contributed by atoms with Crippen LogP contribution in [0.2, 0.25) is 0 Å². The number of nitrogens with zero attached hydrogens (tertiary/aromatic N) is 2. The number of carbonyl (C=O) groups is 1. The molecule has 1 aliphatic carbocycles. The van der Waals surface area contributed by atoms with Gasteiger partial charge >= 0.3 is 5.97 Å². The van der Waals surface area contributed by atoms with E-state index in [4.69, 9.17) is 4.74 Å². The Morgan fingerprint density at radius 3 is 2.80 bits per heavy atom. The van der Waals surface area contributed by atoms with E-state index in [-0.39, 0.29) is 11.0 Å². The van der Waals surface area contributed by atoms with E-state index in [0.29, 0.717) is 23.9 Å². The van der Waals surface area contributed by atoms with Gasteiger partial charge in [0.05, 0.1) is 5.01 Å². The van der Waals surface area contributed by atoms with Crippen LogP contribution in [-0.2, 0) is 0 Å². The van der Waals surface area contributed by atoms with Crippen molar-refractivity contribution in [3.63, 3.8) is 0 Å². The van der Waals surface area contributed by atoms with E-state index in [9.17, 15) is 9.90 Å². The van der Waals surface area contributed by atoms with Gasteiger partial charge in [0.1, 0.15) is 6.10 Å². The van der Waals surface area contributed by atoms with Gasteiger partial charge in [-0.1, -0.05) is 0 Å². The number of aryl methyl sites for hydroxylation is 1. The molecule has 5 nitrogen and oxygen atoms in total. The van der Waals surface area contributed by atoms with Crippen LogP contribution in [0.3, 0.4) is 0 Å². The highest BCUT2D eigenvalue weighted by atomic mass is 32.1. The van der Waals surface area contributed by atoms with Crippen molar-refractivity contribution >= 4 is 17.3 Å². The number of fused-ring (bicyclic) bond motifs is 2. The second-order valence-corrected chi connectivity index (χ2v) is 7.21. The lowest BCUT2D eigenvalue weighted by atomic mass is 10.1. The number of hydrogen-bond acceptors (Lipinski definition) is 5. The highest BCUT2D eigenvalue weighted by molar-refractivity contribution is 7.13. The molecule has 2 bridgehead atoms. The Labute approximate surface area is 122 Å². The molecule has 3 unspecified atom stereocenters. The van der Waals surface area contributed by atoms with E-state index in [1.54, 1.807) is 0 Å². The van der Waals surface area contributed by atoms with E-state index in [0.717, 1.165) is 24.4 Å². The highest BCUT2D eigenvalue weighted by Gasteiger charge is 2.47. The summed E-state index contributed by atoms with van der Waals surface area (Å²) in [4.78, 5) is 18.2. The first-order valence-electron chi connectivity index (χ1n) is 7.08. The quantitative estimate of drug-likeness (QED) is 0.924. The smallest absolute Gasteiger partial charge is 0.351 e. The molecule has 0 aromatic carbocycles. The first kappa shape index (κ1) is 13.8. The Hall–Kier alpha value is -1.14. The number of aromatic nitrogens is 1. The van der Waals surface area contributed by atoms with E-state index >= 15 is 0 Å². The molecular formula is C14H20N2O3S. The van der Waals surface area contributed by atoms with Crippen LogP contribution in [-0.4, -0.2) is 45.7 Å². The van der Waals surface area contributed by atoms with Crippen LogP contribution in [0, 0.1) is 12.8 Å². The number of rotatable bonds is 4. The summed E-state index contributed by atoms with van der Waals surface area (Å²) in [6.45, 7) is 7.32. The predicted octanol–water partition coefficient (Wildman–Crippen LogP) is 2.40. The van der Waals surface area contributed by atoms with Crippen molar-refractivity contribution in [3.8, 4) is 5.88 Å². The van der Waals surface area contributed by atoms with Gasteiger partial charge in [-0.05, 0) is 27.2 Å². The van der Waals surface area contributed by atoms with Crippen LogP contribution >= 0.6 is 11.3 Å². The first-order valence-corrected chi connectivity index (χ1v) is 7.90. The summed E-state index contributed by atoms with van der Waals surface area (Å²) in [6.07, 6.45) is 2.27. The molecule has 1 aromatic rings. The Bertz CT molecular complexity index is 528. The SMILES string of the molecule is Cc1nc(OC2CC3CC2CN3C(C)C)c(C(=O)O)s1. The lowest BCUT2D eigenvalue weighted by molar-refractivity contribution is 0.0649. The van der Waals surface area contributed by atoms with E-state index < -0.39 is 5.97 Å². The summed E-state index contributed by atoms with van der Waals surface area (Å²) >= 11 is 1.19. The summed E-state index contributed by atoms with van der Waals surface area (Å²) < 4.78 is 5.94. The number of hydrogen-bond donors (Lipinski definition) is 1. The van der Waals surface area contributed by atoms with Crippen molar-refractivity contribution in [2.75, 3.05) is 6.54 Å². The van der Waals surface area contributed by atoms with Gasteiger partial charge in [-0.25, -0.2) is 9.78 Å². The number of likely N-dealkylation sites (tertiary alicyclic amines) is 1. The van der Waals surface area contributed by atoms with Crippen molar-refractivity contribution in [2.45, 2.75) is 51.8 Å². The van der Waals surface area contributed by atoms with Gasteiger partial charge in [-0.3, -0.25) is 4.90 Å². The number of carboxylic acid groups (broad SMARTS) is 1. The minimum absolute atomic E-state index is 0.120. The molecule has 3 rings (SSSR count). The number of ether oxygens (including phenoxy) is 1. The van der Waals surface area contributed by atoms with Crippen LogP contribution in [0.25, 0.3) is 0 Å². The van der Waals surface area contributed by atoms with Crippen molar-refractivity contribution in [1.82, 2.24) is 9.88 Å². The number of piperidine rings is 1. The van der Waals surface area contributed by atoms with Crippen LogP contribution in [0.1, 0.15) is 41.4 Å². The molecule has 2 heterocycles. The van der Waals surface area contributed by atoms with Crippen molar-refractivity contribution in [3.05, 3.63) is 9.88 Å². The maximum absolute atomic E-state index is 11.2. The zero-order valence-corrected chi connectivity index (χ0v) is 12.8. The van der Waals surface area contributed by atoms with Gasteiger partial charge in [0.2, 0.25) is 5.88 Å². The van der Waals surface area contributed by atoms with Gasteiger partial charge in [0.25, 0.3) is 0 Å². The maximum Gasteiger partial charge on any atom is 0.351 e. The van der Waals surface area contributed by atoms with E-state index in [2.05, 4.69) is 23.7 Å². The Balaban J connectivity index is 1.71. The zero-order chi connectivity index (χ0) is 14.4. The molecule has 20 heavy (non-hydrogen) atoms. The Kier molecular flexibility index (Phi) is 3.46. The maximum atomic E-state index is 11.2. The van der Waals surface area contributed by atoms with Crippen LogP contribution < -0.4 is 4.74 Å². The van der Waals surface area contributed by atoms with Gasteiger partial charge in [-0.15, -0.1) is 11.3 Å². The monoisotopic (exact) mass is 296 g/mol. The molecule has 1 aromatic heterocycles. The molecular weight excluding hydrogens is 276 g/mol. The third-order valence-electron chi connectivity index (χ3n) is 4.34. The number of carboxylic acids is 1. The molecule has 2 fully saturated rings. The molecule has 2 aliphatic rings. The normalized spacial score (nSPS) is 29.3. The Morgan fingerprint density at radius 2 is 2.25 bits per heavy atom. The summed E-state index contributed by atoms with van der Waals surface area (Å²) in [5, 5.41) is 9.92. The lowest BCUT2D eigenvalue weighted by Crippen LogP contribution is -2.43. The summed E-state index contributed by atoms with van der Waals surface area (Å²) in [6, 6.07) is 1.15. The summed E-state index contributed by atoms with van der Waals surface area (Å²) in [5.74, 6) is -0.128. The van der Waals surface area contributed by atoms with E-state index in [1.165, 1.54) is 11.3 Å². The van der Waals surface area contributed by atoms with Gasteiger partial charge < -0.3 is 9.84 Å². The number of aromatic carboxylic acids is 1. The summed E-state index contributed by atoms with van der Waals surface area (Å²) in [7, 11) is 0. The van der Waals surface area contributed by atoms with Crippen LogP contribution in [0.15, 0.2) is 0 Å². The second kappa shape index (κ2) is 5.00. The van der Waals surface area contributed by atoms with E-state index in [1.807, 2.05) is 6.92 Å². The first-order chi connectivity index (χ1) is 9.45. The van der Waals surface area contributed by atoms with Crippen LogP contribution in [0.5, 0.6) is 5.88 Å². The fourth-order valence-electron chi connectivity index (χ4n) is 3.48. The van der Waals surface area contributed by atoms with Gasteiger partial charge in [0.15, 0.2) is 4.88 Å². The highest BCUT2D eigenvalue weighted by Crippen LogP contribution is 2.41. The molecule has 1 saturated heterocycles. The molecule has 6 heteroatoms. The topological polar surface area (TPSA) is 62.7 Å². The molecule has 1 N–H and O–H groups in total. The second-order valence-electron chi connectivity index (χ2n) is 6.00. The molecule has 3 atom stereocenters. The van der Waals surface area contributed by atoms with Crippen LogP contribution in [0.4, 0.5) is 0 Å². The van der Waals surface area contributed by atoms with Crippen molar-refractivity contribution < 1.29 is 14.6 Å². The molecule has 1 aliphatic heterocycles. The standard InChI is InChI=1S/C14H20N2O3S/c1-7(2)16-6-9-4-10(16)5-11(9)19-13-12(14(17)18)20-8(3)15-13/h7,9-11H,4-6H2,1-3H3,(H,17,18). The predicted molar refractivity (Wildman–Crippen MR) is 76.6 cm³/mol. The van der Waals surface area contributed by atoms with Gasteiger partial charge in [0, 0.05) is 31.0 Å². The summed E-state index contributed by atoms with van der Waals surface area (Å²) in [5.41, 5.74) is 0. The van der Waals surface area contributed by atoms with Crippen molar-refractivity contribution in [2.24, 2.45) is 5.92 Å². The molecule has 110 valence electrons. The largest absolute Gasteiger partial charge is 0.477 e. The number of thiazole rings is 1. The fourth-order valence-corrected chi connectivity index (χ4v) is 4.18. The fraction of sp³-hybridized carbons (Fsp3) is 0.714. The minimum Gasteiger partial charge on any atom is -0.477 e. The molecule has 1 saturated carbocycles. The third kappa shape index (κ3) is 2.31. The molecule has 0 spiro atoms. The lowest BCUT2D eigenvalue weighted by Gasteiger charge is -2.34. The third-order valence-corrected chi connectivity index (χ3v) is 5.28. The average Bonchev–Trinajstić information content (AvgIpc) is 3.02. The molecule has 0 amide bonds. The zero-order valence-electron chi connectivity index (χ0n) is 12.0.